The smallest absolute Gasteiger partial charge is 0.129 e. The van der Waals surface area contributed by atoms with E-state index < -0.39 is 0 Å². The molecule has 82 valence electrons. The summed E-state index contributed by atoms with van der Waals surface area (Å²) >= 11 is 0. The Labute approximate surface area is 90.7 Å². The molecule has 4 nitrogen and oxygen atoms in total. The summed E-state index contributed by atoms with van der Waals surface area (Å²) in [5.74, 6) is 0.948. The Kier molecular flexibility index (Phi) is 3.64. The fourth-order valence-corrected chi connectivity index (χ4v) is 1.95. The Morgan fingerprint density at radius 3 is 2.67 bits per heavy atom. The Morgan fingerprint density at radius 2 is 2.00 bits per heavy atom. The number of aromatic nitrogens is 2. The molecule has 1 aliphatic heterocycles. The summed E-state index contributed by atoms with van der Waals surface area (Å²) in [5, 5.41) is 3.36. The van der Waals surface area contributed by atoms with Crippen molar-refractivity contribution in [3.05, 3.63) is 24.3 Å². The zero-order valence-electron chi connectivity index (χ0n) is 9.19. The van der Waals surface area contributed by atoms with E-state index in [1.54, 1.807) is 0 Å². The Hall–Kier alpha value is -1.00. The van der Waals surface area contributed by atoms with Crippen LogP contribution in [0.25, 0.3) is 0 Å². The standard InChI is InChI=1S/C11H18N4/c1-10(15-7-5-12-6-8-15)9-11-13-3-2-4-14-11/h2-4,10,12H,5-9H2,1H3. The molecule has 2 heterocycles. The number of nitrogens with one attached hydrogen (secondary N) is 1. The van der Waals surface area contributed by atoms with Crippen LogP contribution >= 0.6 is 0 Å². The van der Waals surface area contributed by atoms with E-state index in [2.05, 4.69) is 27.1 Å². The fourth-order valence-electron chi connectivity index (χ4n) is 1.95. The highest BCUT2D eigenvalue weighted by molar-refractivity contribution is 4.92. The maximum absolute atomic E-state index is 4.26. The van der Waals surface area contributed by atoms with E-state index in [1.165, 1.54) is 0 Å². The van der Waals surface area contributed by atoms with E-state index in [4.69, 9.17) is 0 Å². The molecule has 1 aromatic rings. The molecule has 0 bridgehead atoms. The van der Waals surface area contributed by atoms with Crippen LogP contribution in [0, 0.1) is 0 Å². The van der Waals surface area contributed by atoms with Crippen LogP contribution in [0.1, 0.15) is 12.7 Å². The lowest BCUT2D eigenvalue weighted by molar-refractivity contribution is 0.181. The molecule has 0 saturated carbocycles. The molecule has 1 atom stereocenters. The van der Waals surface area contributed by atoms with E-state index >= 15 is 0 Å². The first-order valence-corrected chi connectivity index (χ1v) is 5.57. The third kappa shape index (κ3) is 2.97. The van der Waals surface area contributed by atoms with Crippen LogP contribution in [-0.2, 0) is 6.42 Å². The van der Waals surface area contributed by atoms with Gasteiger partial charge in [0.25, 0.3) is 0 Å². The van der Waals surface area contributed by atoms with Crippen molar-refractivity contribution in [3.8, 4) is 0 Å². The van der Waals surface area contributed by atoms with Gasteiger partial charge in [-0.25, -0.2) is 9.97 Å². The summed E-state index contributed by atoms with van der Waals surface area (Å²) in [7, 11) is 0. The SMILES string of the molecule is CC(Cc1ncccn1)N1CCNCC1. The first kappa shape index (κ1) is 10.5. The fraction of sp³-hybridized carbons (Fsp3) is 0.636. The minimum absolute atomic E-state index is 0.537. The minimum Gasteiger partial charge on any atom is -0.314 e. The van der Waals surface area contributed by atoms with Crippen LogP contribution < -0.4 is 5.32 Å². The summed E-state index contributed by atoms with van der Waals surface area (Å²) in [5.41, 5.74) is 0. The van der Waals surface area contributed by atoms with Gasteiger partial charge in [-0.15, -0.1) is 0 Å². The number of hydrogen-bond acceptors (Lipinski definition) is 4. The van der Waals surface area contributed by atoms with Gasteiger partial charge in [0, 0.05) is 51.0 Å². The average molecular weight is 206 g/mol. The summed E-state index contributed by atoms with van der Waals surface area (Å²) in [6.45, 7) is 6.71. The summed E-state index contributed by atoms with van der Waals surface area (Å²) in [6.07, 6.45) is 4.57. The van der Waals surface area contributed by atoms with Crippen molar-refractivity contribution in [2.45, 2.75) is 19.4 Å². The monoisotopic (exact) mass is 206 g/mol. The van der Waals surface area contributed by atoms with Gasteiger partial charge in [0.05, 0.1) is 0 Å². The molecule has 1 fully saturated rings. The minimum atomic E-state index is 0.537. The van der Waals surface area contributed by atoms with Crippen LogP contribution in [0.15, 0.2) is 18.5 Å². The van der Waals surface area contributed by atoms with Crippen LogP contribution in [0.3, 0.4) is 0 Å². The van der Waals surface area contributed by atoms with Crippen molar-refractivity contribution in [1.82, 2.24) is 20.2 Å². The number of nitrogens with zero attached hydrogens (tertiary/aromatic N) is 3. The number of rotatable bonds is 3. The number of piperazine rings is 1. The van der Waals surface area contributed by atoms with E-state index in [-0.39, 0.29) is 0 Å². The quantitative estimate of drug-likeness (QED) is 0.773. The van der Waals surface area contributed by atoms with Gasteiger partial charge in [0.1, 0.15) is 5.82 Å². The van der Waals surface area contributed by atoms with Gasteiger partial charge in [0.2, 0.25) is 0 Å². The zero-order chi connectivity index (χ0) is 10.5. The molecule has 15 heavy (non-hydrogen) atoms. The highest BCUT2D eigenvalue weighted by Gasteiger charge is 2.17. The second kappa shape index (κ2) is 5.19. The summed E-state index contributed by atoms with van der Waals surface area (Å²) < 4.78 is 0. The van der Waals surface area contributed by atoms with Crippen molar-refractivity contribution < 1.29 is 0 Å². The average Bonchev–Trinajstić information content (AvgIpc) is 2.31. The van der Waals surface area contributed by atoms with Gasteiger partial charge in [-0.2, -0.15) is 0 Å². The first-order chi connectivity index (χ1) is 7.36. The van der Waals surface area contributed by atoms with E-state index in [1.807, 2.05) is 18.5 Å². The molecule has 1 unspecified atom stereocenters. The van der Waals surface area contributed by atoms with Crippen LogP contribution in [0.5, 0.6) is 0 Å². The van der Waals surface area contributed by atoms with Crippen molar-refractivity contribution in [2.24, 2.45) is 0 Å². The molecule has 1 N–H and O–H groups in total. The second-order valence-electron chi connectivity index (χ2n) is 4.00. The predicted octanol–water partition coefficient (Wildman–Crippen LogP) is 0.313. The molecule has 1 saturated heterocycles. The zero-order valence-corrected chi connectivity index (χ0v) is 9.19. The third-order valence-corrected chi connectivity index (χ3v) is 2.87. The molecule has 4 heteroatoms. The largest absolute Gasteiger partial charge is 0.314 e. The van der Waals surface area contributed by atoms with Crippen molar-refractivity contribution >= 4 is 0 Å². The maximum Gasteiger partial charge on any atom is 0.129 e. The third-order valence-electron chi connectivity index (χ3n) is 2.87. The predicted molar refractivity (Wildman–Crippen MR) is 59.6 cm³/mol. The van der Waals surface area contributed by atoms with Crippen molar-refractivity contribution in [1.29, 1.82) is 0 Å². The van der Waals surface area contributed by atoms with E-state index in [0.717, 1.165) is 38.4 Å². The molecule has 0 radical (unpaired) electrons. The molecule has 0 aliphatic carbocycles. The topological polar surface area (TPSA) is 41.1 Å². The van der Waals surface area contributed by atoms with Gasteiger partial charge < -0.3 is 5.32 Å². The molecule has 1 aromatic heterocycles. The Balaban J connectivity index is 1.88. The maximum atomic E-state index is 4.26. The van der Waals surface area contributed by atoms with Crippen LogP contribution in [0.2, 0.25) is 0 Å². The highest BCUT2D eigenvalue weighted by atomic mass is 15.2. The molecule has 1 aliphatic rings. The van der Waals surface area contributed by atoms with Crippen LogP contribution in [0.4, 0.5) is 0 Å². The Bertz CT molecular complexity index is 282. The first-order valence-electron chi connectivity index (χ1n) is 5.57. The van der Waals surface area contributed by atoms with Crippen LogP contribution in [-0.4, -0.2) is 47.1 Å². The lowest BCUT2D eigenvalue weighted by Crippen LogP contribution is -2.48. The summed E-state index contributed by atoms with van der Waals surface area (Å²) in [6, 6.07) is 2.40. The van der Waals surface area contributed by atoms with Crippen molar-refractivity contribution in [3.63, 3.8) is 0 Å². The van der Waals surface area contributed by atoms with Gasteiger partial charge in [-0.05, 0) is 13.0 Å². The Morgan fingerprint density at radius 1 is 1.33 bits per heavy atom. The lowest BCUT2D eigenvalue weighted by Gasteiger charge is -2.32. The molecule has 0 amide bonds. The highest BCUT2D eigenvalue weighted by Crippen LogP contribution is 2.05. The molecule has 2 rings (SSSR count). The van der Waals surface area contributed by atoms with Gasteiger partial charge in [-0.3, -0.25) is 4.90 Å². The normalized spacial score (nSPS) is 20.1. The lowest BCUT2D eigenvalue weighted by atomic mass is 10.1. The van der Waals surface area contributed by atoms with Crippen molar-refractivity contribution in [2.75, 3.05) is 26.2 Å². The van der Waals surface area contributed by atoms with Gasteiger partial charge >= 0.3 is 0 Å². The summed E-state index contributed by atoms with van der Waals surface area (Å²) in [4.78, 5) is 11.0. The second-order valence-corrected chi connectivity index (χ2v) is 4.00. The van der Waals surface area contributed by atoms with Gasteiger partial charge in [0.15, 0.2) is 0 Å². The van der Waals surface area contributed by atoms with E-state index in [0.29, 0.717) is 6.04 Å². The molecular formula is C11H18N4. The van der Waals surface area contributed by atoms with E-state index in [9.17, 15) is 0 Å². The van der Waals surface area contributed by atoms with Gasteiger partial charge in [-0.1, -0.05) is 0 Å². The molecular weight excluding hydrogens is 188 g/mol. The molecule has 0 spiro atoms. The number of hydrogen-bond donors (Lipinski definition) is 1. The molecule has 0 aromatic carbocycles.